The molecule has 13 heavy (non-hydrogen) atoms. The quantitative estimate of drug-likeness (QED) is 0.570. The highest BCUT2D eigenvalue weighted by molar-refractivity contribution is 6.32. The number of nitrogens with one attached hydrogen (secondary N) is 2. The summed E-state index contributed by atoms with van der Waals surface area (Å²) in [5, 5.41) is 8.95. The summed E-state index contributed by atoms with van der Waals surface area (Å²) in [6.07, 6.45) is 4.07. The van der Waals surface area contributed by atoms with Gasteiger partial charge in [0.15, 0.2) is 0 Å². The Balaban J connectivity index is 2.71. The Labute approximate surface area is 80.6 Å². The van der Waals surface area contributed by atoms with Crippen LogP contribution in [0.3, 0.4) is 0 Å². The summed E-state index contributed by atoms with van der Waals surface area (Å²) in [5.74, 6) is 0. The van der Waals surface area contributed by atoms with Gasteiger partial charge in [-0.1, -0.05) is 17.7 Å². The maximum Gasteiger partial charge on any atom is 0.285 e. The largest absolute Gasteiger partial charge is 0.382 e. The van der Waals surface area contributed by atoms with Crippen molar-refractivity contribution in [3.63, 3.8) is 0 Å². The Morgan fingerprint density at radius 2 is 2.54 bits per heavy atom. The van der Waals surface area contributed by atoms with Crippen LogP contribution < -0.4 is 10.9 Å². The molecule has 0 fully saturated rings. The SMILES string of the molecule is C=CCCNc1cn[nH]c(=O)c1Cl. The molecule has 1 aromatic heterocycles. The van der Waals surface area contributed by atoms with Crippen molar-refractivity contribution >= 4 is 17.3 Å². The van der Waals surface area contributed by atoms with Crippen LogP contribution >= 0.6 is 11.6 Å². The summed E-state index contributed by atoms with van der Waals surface area (Å²) < 4.78 is 0. The highest BCUT2D eigenvalue weighted by Crippen LogP contribution is 2.13. The number of aromatic nitrogens is 2. The van der Waals surface area contributed by atoms with Gasteiger partial charge in [0.2, 0.25) is 0 Å². The molecule has 0 spiro atoms. The van der Waals surface area contributed by atoms with Crippen LogP contribution in [0.25, 0.3) is 0 Å². The third-order valence-electron chi connectivity index (χ3n) is 1.46. The van der Waals surface area contributed by atoms with Crippen molar-refractivity contribution in [1.82, 2.24) is 10.2 Å². The first-order valence-corrected chi connectivity index (χ1v) is 4.21. The average molecular weight is 200 g/mol. The molecule has 5 heteroatoms. The molecule has 0 atom stereocenters. The van der Waals surface area contributed by atoms with Crippen molar-refractivity contribution in [2.75, 3.05) is 11.9 Å². The molecule has 0 saturated carbocycles. The van der Waals surface area contributed by atoms with Gasteiger partial charge in [0.25, 0.3) is 5.56 Å². The van der Waals surface area contributed by atoms with Crippen LogP contribution in [0.15, 0.2) is 23.6 Å². The van der Waals surface area contributed by atoms with Gasteiger partial charge in [0.05, 0.1) is 11.9 Å². The van der Waals surface area contributed by atoms with Crippen LogP contribution in [0.4, 0.5) is 5.69 Å². The van der Waals surface area contributed by atoms with Gasteiger partial charge in [-0.05, 0) is 6.42 Å². The van der Waals surface area contributed by atoms with Crippen molar-refractivity contribution in [3.8, 4) is 0 Å². The van der Waals surface area contributed by atoms with Crippen molar-refractivity contribution in [1.29, 1.82) is 0 Å². The maximum absolute atomic E-state index is 11.0. The molecule has 0 amide bonds. The molecule has 0 radical (unpaired) electrons. The molecule has 0 aliphatic rings. The number of H-pyrrole nitrogens is 1. The Kier molecular flexibility index (Phi) is 3.52. The lowest BCUT2D eigenvalue weighted by Crippen LogP contribution is -2.12. The van der Waals surface area contributed by atoms with Gasteiger partial charge < -0.3 is 5.32 Å². The second-order valence-corrected chi connectivity index (χ2v) is 2.81. The fourth-order valence-corrected chi connectivity index (χ4v) is 0.974. The van der Waals surface area contributed by atoms with Crippen molar-refractivity contribution in [2.24, 2.45) is 0 Å². The van der Waals surface area contributed by atoms with E-state index in [2.05, 4.69) is 22.1 Å². The first-order valence-electron chi connectivity index (χ1n) is 3.83. The molecule has 1 aromatic rings. The molecule has 70 valence electrons. The molecule has 0 aliphatic heterocycles. The van der Waals surface area contributed by atoms with Gasteiger partial charge in [-0.3, -0.25) is 4.79 Å². The van der Waals surface area contributed by atoms with E-state index in [1.54, 1.807) is 6.08 Å². The number of hydrogen-bond acceptors (Lipinski definition) is 3. The predicted octanol–water partition coefficient (Wildman–Crippen LogP) is 1.41. The normalized spacial score (nSPS) is 9.62. The number of hydrogen-bond donors (Lipinski definition) is 2. The Hall–Kier alpha value is -1.29. The zero-order valence-corrected chi connectivity index (χ0v) is 7.77. The average Bonchev–Trinajstić information content (AvgIpc) is 2.13. The minimum absolute atomic E-state index is 0.138. The summed E-state index contributed by atoms with van der Waals surface area (Å²) >= 11 is 5.70. The predicted molar refractivity (Wildman–Crippen MR) is 53.2 cm³/mol. The van der Waals surface area contributed by atoms with E-state index >= 15 is 0 Å². The lowest BCUT2D eigenvalue weighted by Gasteiger charge is -2.04. The van der Waals surface area contributed by atoms with Crippen molar-refractivity contribution < 1.29 is 0 Å². The highest BCUT2D eigenvalue weighted by Gasteiger charge is 2.02. The molecule has 4 nitrogen and oxygen atoms in total. The van der Waals surface area contributed by atoms with Gasteiger partial charge in [0, 0.05) is 6.54 Å². The summed E-state index contributed by atoms with van der Waals surface area (Å²) in [6, 6.07) is 0. The van der Waals surface area contributed by atoms with Crippen molar-refractivity contribution in [2.45, 2.75) is 6.42 Å². The van der Waals surface area contributed by atoms with E-state index in [1.807, 2.05) is 0 Å². The van der Waals surface area contributed by atoms with Gasteiger partial charge in [-0.25, -0.2) is 5.10 Å². The van der Waals surface area contributed by atoms with E-state index in [9.17, 15) is 4.79 Å². The second-order valence-electron chi connectivity index (χ2n) is 2.43. The van der Waals surface area contributed by atoms with E-state index in [4.69, 9.17) is 11.6 Å². The molecule has 0 aromatic carbocycles. The minimum Gasteiger partial charge on any atom is -0.382 e. The molecule has 1 rings (SSSR count). The summed E-state index contributed by atoms with van der Waals surface area (Å²) in [7, 11) is 0. The van der Waals surface area contributed by atoms with E-state index < -0.39 is 0 Å². The first kappa shape index (κ1) is 9.80. The number of anilines is 1. The van der Waals surface area contributed by atoms with Gasteiger partial charge in [-0.2, -0.15) is 5.10 Å². The third-order valence-corrected chi connectivity index (χ3v) is 1.83. The molecular weight excluding hydrogens is 190 g/mol. The van der Waals surface area contributed by atoms with Crippen LogP contribution in [-0.2, 0) is 0 Å². The Morgan fingerprint density at radius 1 is 1.77 bits per heavy atom. The van der Waals surface area contributed by atoms with Crippen LogP contribution in [0, 0.1) is 0 Å². The third kappa shape index (κ3) is 2.59. The topological polar surface area (TPSA) is 57.8 Å². The minimum atomic E-state index is -0.384. The molecule has 0 bridgehead atoms. The van der Waals surface area contributed by atoms with Crippen LogP contribution in [0.1, 0.15) is 6.42 Å². The summed E-state index contributed by atoms with van der Waals surface area (Å²) in [6.45, 7) is 4.26. The highest BCUT2D eigenvalue weighted by atomic mass is 35.5. The zero-order valence-electron chi connectivity index (χ0n) is 7.01. The Morgan fingerprint density at radius 3 is 3.23 bits per heavy atom. The smallest absolute Gasteiger partial charge is 0.285 e. The van der Waals surface area contributed by atoms with Crippen LogP contribution in [-0.4, -0.2) is 16.7 Å². The van der Waals surface area contributed by atoms with E-state index in [0.29, 0.717) is 12.2 Å². The number of rotatable bonds is 4. The number of nitrogens with zero attached hydrogens (tertiary/aromatic N) is 1. The second kappa shape index (κ2) is 4.67. The molecular formula is C8H10ClN3O. The van der Waals surface area contributed by atoms with E-state index in [-0.39, 0.29) is 10.6 Å². The van der Waals surface area contributed by atoms with Crippen molar-refractivity contribution in [3.05, 3.63) is 34.2 Å². The molecule has 0 saturated heterocycles. The molecule has 0 aliphatic carbocycles. The molecule has 2 N–H and O–H groups in total. The van der Waals surface area contributed by atoms with Gasteiger partial charge >= 0.3 is 0 Å². The fourth-order valence-electron chi connectivity index (χ4n) is 0.816. The zero-order chi connectivity index (χ0) is 9.68. The fraction of sp³-hybridized carbons (Fsp3) is 0.250. The van der Waals surface area contributed by atoms with Crippen LogP contribution in [0.5, 0.6) is 0 Å². The Bertz CT molecular complexity index is 347. The van der Waals surface area contributed by atoms with Gasteiger partial charge in [-0.15, -0.1) is 6.58 Å². The first-order chi connectivity index (χ1) is 6.25. The van der Waals surface area contributed by atoms with E-state index in [0.717, 1.165) is 6.42 Å². The molecule has 1 heterocycles. The standard InChI is InChI=1S/C8H10ClN3O/c1-2-3-4-10-6-5-11-12-8(13)7(6)9/h2,5H,1,3-4H2,(H2,10,12,13). The summed E-state index contributed by atoms with van der Waals surface area (Å²) in [4.78, 5) is 11.0. The number of halogens is 1. The van der Waals surface area contributed by atoms with E-state index in [1.165, 1.54) is 6.20 Å². The van der Waals surface area contributed by atoms with Crippen LogP contribution in [0.2, 0.25) is 5.02 Å². The number of aromatic amines is 1. The lowest BCUT2D eigenvalue weighted by molar-refractivity contribution is 0.977. The lowest BCUT2D eigenvalue weighted by atomic mass is 10.4. The molecule has 0 unspecified atom stereocenters. The monoisotopic (exact) mass is 199 g/mol. The van der Waals surface area contributed by atoms with Gasteiger partial charge in [0.1, 0.15) is 5.02 Å². The maximum atomic E-state index is 11.0. The summed E-state index contributed by atoms with van der Waals surface area (Å²) in [5.41, 5.74) is 0.164.